The molecule has 0 aliphatic heterocycles. The summed E-state index contributed by atoms with van der Waals surface area (Å²) >= 11 is 0. The normalized spacial score (nSPS) is 14.6. The van der Waals surface area contributed by atoms with Gasteiger partial charge in [0.25, 0.3) is 7.82 Å². The highest BCUT2D eigenvalue weighted by Gasteiger charge is 2.21. The van der Waals surface area contributed by atoms with Crippen LogP contribution in [0.2, 0.25) is 0 Å². The van der Waals surface area contributed by atoms with E-state index < -0.39 is 32.5 Å². The van der Waals surface area contributed by atoms with Gasteiger partial charge in [-0.2, -0.15) is 0 Å². The molecule has 0 aromatic heterocycles. The highest BCUT2D eigenvalue weighted by atomic mass is 31.2. The molecule has 0 saturated heterocycles. The van der Waals surface area contributed by atoms with Crippen LogP contribution in [-0.4, -0.2) is 70.0 Å². The van der Waals surface area contributed by atoms with Crippen molar-refractivity contribution in [2.75, 3.05) is 47.5 Å². The molecule has 0 heterocycles. The van der Waals surface area contributed by atoms with Crippen LogP contribution in [0.1, 0.15) is 84.5 Å². The molecule has 0 rings (SSSR count). The van der Waals surface area contributed by atoms with E-state index >= 15 is 0 Å². The summed E-state index contributed by atoms with van der Waals surface area (Å²) in [5.41, 5.74) is 0. The van der Waals surface area contributed by atoms with Gasteiger partial charge in [-0.3, -0.25) is 14.2 Å². The molecular formula is C27H50NO8P. The molecule has 0 bridgehead atoms. The average Bonchev–Trinajstić information content (AvgIpc) is 2.80. The second kappa shape index (κ2) is 21.4. The van der Waals surface area contributed by atoms with Crippen molar-refractivity contribution in [3.8, 4) is 0 Å². The molecule has 9 nitrogen and oxygen atoms in total. The Bertz CT molecular complexity index is 718. The Balaban J connectivity index is 4.15. The molecule has 2 unspecified atom stereocenters. The van der Waals surface area contributed by atoms with Gasteiger partial charge in [-0.15, -0.1) is 0 Å². The largest absolute Gasteiger partial charge is 0.756 e. The van der Waals surface area contributed by atoms with E-state index in [1.807, 2.05) is 21.1 Å². The van der Waals surface area contributed by atoms with E-state index in [1.54, 1.807) is 0 Å². The van der Waals surface area contributed by atoms with Crippen molar-refractivity contribution in [2.45, 2.75) is 90.6 Å². The summed E-state index contributed by atoms with van der Waals surface area (Å²) in [4.78, 5) is 35.3. The predicted octanol–water partition coefficient (Wildman–Crippen LogP) is 5.09. The molecule has 2 atom stereocenters. The Morgan fingerprint density at radius 2 is 1.51 bits per heavy atom. The second-order valence-corrected chi connectivity index (χ2v) is 11.5. The van der Waals surface area contributed by atoms with Crippen LogP contribution in [0.5, 0.6) is 0 Å². The van der Waals surface area contributed by atoms with Crippen LogP contribution in [0.3, 0.4) is 0 Å². The summed E-state index contributed by atoms with van der Waals surface area (Å²) in [5.74, 6) is -1.05. The van der Waals surface area contributed by atoms with Crippen LogP contribution in [-0.2, 0) is 32.7 Å². The Hall–Kier alpha value is -1.51. The maximum Gasteiger partial charge on any atom is 0.306 e. The van der Waals surface area contributed by atoms with Gasteiger partial charge in [-0.25, -0.2) is 0 Å². The molecule has 0 aliphatic carbocycles. The molecular weight excluding hydrogens is 497 g/mol. The lowest BCUT2D eigenvalue weighted by Crippen LogP contribution is -2.37. The maximum atomic E-state index is 12.2. The smallest absolute Gasteiger partial charge is 0.306 e. The van der Waals surface area contributed by atoms with E-state index in [2.05, 4.69) is 31.2 Å². The van der Waals surface area contributed by atoms with Gasteiger partial charge in [0.2, 0.25) is 0 Å². The summed E-state index contributed by atoms with van der Waals surface area (Å²) in [7, 11) is 1.14. The van der Waals surface area contributed by atoms with Crippen molar-refractivity contribution < 1.29 is 42.1 Å². The Labute approximate surface area is 224 Å². The fourth-order valence-electron chi connectivity index (χ4n) is 3.10. The third kappa shape index (κ3) is 25.9. The summed E-state index contributed by atoms with van der Waals surface area (Å²) in [6.07, 6.45) is 18.6. The van der Waals surface area contributed by atoms with Crippen LogP contribution in [0, 0.1) is 0 Å². The van der Waals surface area contributed by atoms with Gasteiger partial charge in [0.15, 0.2) is 6.10 Å². The summed E-state index contributed by atoms with van der Waals surface area (Å²) in [6, 6.07) is 0. The van der Waals surface area contributed by atoms with Crippen molar-refractivity contribution in [2.24, 2.45) is 0 Å². The number of ether oxygens (including phenoxy) is 2. The molecule has 0 aromatic rings. The first kappa shape index (κ1) is 35.5. The number of hydrogen-bond acceptors (Lipinski definition) is 8. The molecule has 0 aromatic carbocycles. The first-order valence-corrected chi connectivity index (χ1v) is 14.9. The van der Waals surface area contributed by atoms with Crippen LogP contribution >= 0.6 is 7.82 Å². The fraction of sp³-hybridized carbons (Fsp3) is 0.778. The Kier molecular flexibility index (Phi) is 20.6. The quantitative estimate of drug-likeness (QED) is 0.0572. The zero-order valence-corrected chi connectivity index (χ0v) is 24.5. The first-order chi connectivity index (χ1) is 17.4. The van der Waals surface area contributed by atoms with Crippen molar-refractivity contribution >= 4 is 19.8 Å². The predicted molar refractivity (Wildman–Crippen MR) is 144 cm³/mol. The fourth-order valence-corrected chi connectivity index (χ4v) is 3.83. The van der Waals surface area contributed by atoms with Crippen LogP contribution in [0.4, 0.5) is 0 Å². The summed E-state index contributed by atoms with van der Waals surface area (Å²) in [5, 5.41) is 0. The minimum absolute atomic E-state index is 0.0363. The SMILES string of the molecule is CCCC/C=C\C/C=C\CCCCCCCC(=O)OC(COC(C)=O)COP(=O)([O-])OCC[N+](C)(C)C. The van der Waals surface area contributed by atoms with Gasteiger partial charge >= 0.3 is 11.9 Å². The first-order valence-electron chi connectivity index (χ1n) is 13.5. The lowest BCUT2D eigenvalue weighted by Gasteiger charge is -2.28. The molecule has 0 amide bonds. The zero-order chi connectivity index (χ0) is 28.0. The Morgan fingerprint density at radius 3 is 2.14 bits per heavy atom. The number of unbranched alkanes of at least 4 members (excludes halogenated alkanes) is 7. The van der Waals surface area contributed by atoms with Crippen molar-refractivity contribution in [3.63, 3.8) is 0 Å². The number of phosphoric ester groups is 1. The number of esters is 2. The third-order valence-electron chi connectivity index (χ3n) is 5.28. The van der Waals surface area contributed by atoms with Crippen LogP contribution < -0.4 is 4.89 Å². The summed E-state index contributed by atoms with van der Waals surface area (Å²) in [6.45, 7) is 3.07. The highest BCUT2D eigenvalue weighted by Crippen LogP contribution is 2.38. The van der Waals surface area contributed by atoms with Gasteiger partial charge < -0.3 is 27.9 Å². The molecule has 10 heteroatoms. The number of nitrogens with zero attached hydrogens (tertiary/aromatic N) is 1. The molecule has 37 heavy (non-hydrogen) atoms. The summed E-state index contributed by atoms with van der Waals surface area (Å²) < 4.78 is 32.4. The molecule has 0 saturated carbocycles. The van der Waals surface area contributed by atoms with Crippen LogP contribution in [0.25, 0.3) is 0 Å². The lowest BCUT2D eigenvalue weighted by atomic mass is 10.1. The standard InChI is InChI=1S/C27H50NO8P/c1-6-7-8-9-10-11-12-13-14-15-16-17-18-19-20-27(30)36-26(23-33-25(2)29)24-35-37(31,32)34-22-21-28(3,4)5/h9-10,12-13,26H,6-8,11,14-24H2,1-5H3/b10-9-,13-12-. The monoisotopic (exact) mass is 547 g/mol. The zero-order valence-electron chi connectivity index (χ0n) is 23.7. The number of phosphoric acid groups is 1. The molecule has 0 spiro atoms. The van der Waals surface area contributed by atoms with E-state index in [9.17, 15) is 19.0 Å². The second-order valence-electron chi connectivity index (χ2n) is 10.1. The molecule has 0 fully saturated rings. The van der Waals surface area contributed by atoms with Crippen molar-refractivity contribution in [1.29, 1.82) is 0 Å². The van der Waals surface area contributed by atoms with E-state index in [0.29, 0.717) is 17.4 Å². The number of quaternary nitrogens is 1. The van der Waals surface area contributed by atoms with E-state index in [1.165, 1.54) is 19.8 Å². The number of allylic oxidation sites excluding steroid dienone is 4. The van der Waals surface area contributed by atoms with E-state index in [0.717, 1.165) is 44.9 Å². The highest BCUT2D eigenvalue weighted by molar-refractivity contribution is 7.45. The topological polar surface area (TPSA) is 111 Å². The minimum Gasteiger partial charge on any atom is -0.756 e. The molecule has 216 valence electrons. The molecule has 0 N–H and O–H groups in total. The maximum absolute atomic E-state index is 12.2. The van der Waals surface area contributed by atoms with Gasteiger partial charge in [-0.1, -0.05) is 63.3 Å². The van der Waals surface area contributed by atoms with Crippen molar-refractivity contribution in [1.82, 2.24) is 0 Å². The van der Waals surface area contributed by atoms with E-state index in [4.69, 9.17) is 18.5 Å². The molecule has 0 aliphatic rings. The van der Waals surface area contributed by atoms with Crippen LogP contribution in [0.15, 0.2) is 24.3 Å². The van der Waals surface area contributed by atoms with E-state index in [-0.39, 0.29) is 19.6 Å². The number of carbonyl (C=O) groups excluding carboxylic acids is 2. The third-order valence-corrected chi connectivity index (χ3v) is 6.25. The van der Waals surface area contributed by atoms with Gasteiger partial charge in [0, 0.05) is 13.3 Å². The molecule has 0 radical (unpaired) electrons. The van der Waals surface area contributed by atoms with Gasteiger partial charge in [0.1, 0.15) is 19.8 Å². The number of carbonyl (C=O) groups is 2. The lowest BCUT2D eigenvalue weighted by molar-refractivity contribution is -0.870. The number of rotatable bonds is 23. The van der Waals surface area contributed by atoms with Gasteiger partial charge in [0.05, 0.1) is 27.7 Å². The van der Waals surface area contributed by atoms with Crippen molar-refractivity contribution in [3.05, 3.63) is 24.3 Å². The Morgan fingerprint density at radius 1 is 0.892 bits per heavy atom. The number of hydrogen-bond donors (Lipinski definition) is 0. The van der Waals surface area contributed by atoms with Gasteiger partial charge in [-0.05, 0) is 32.1 Å². The average molecular weight is 548 g/mol. The number of likely N-dealkylation sites (N-methyl/N-ethyl adjacent to an activating group) is 1. The minimum atomic E-state index is -4.58.